The molecule has 0 spiro atoms. The Morgan fingerprint density at radius 2 is 1.94 bits per heavy atom. The third-order valence-electron chi connectivity index (χ3n) is 3.24. The second-order valence-electron chi connectivity index (χ2n) is 5.32. The first-order chi connectivity index (χ1) is 8.50. The minimum atomic E-state index is -0.142. The van der Waals surface area contributed by atoms with Crippen LogP contribution in [-0.4, -0.2) is 21.8 Å². The molecule has 0 unspecified atom stereocenters. The van der Waals surface area contributed by atoms with E-state index in [1.165, 1.54) is 5.56 Å². The van der Waals surface area contributed by atoms with E-state index in [1.54, 1.807) is 0 Å². The first-order valence-electron chi connectivity index (χ1n) is 6.43. The molecule has 1 atom stereocenters. The quantitative estimate of drug-likeness (QED) is 0.816. The zero-order chi connectivity index (χ0) is 13.2. The minimum Gasteiger partial charge on any atom is -0.342 e. The lowest BCUT2D eigenvalue weighted by atomic mass is 10.0. The van der Waals surface area contributed by atoms with Gasteiger partial charge in [0.25, 0.3) is 0 Å². The highest BCUT2D eigenvalue weighted by atomic mass is 32.1. The number of aryl methyl sites for hydroxylation is 1. The average Bonchev–Trinajstić information content (AvgIpc) is 2.65. The van der Waals surface area contributed by atoms with Gasteiger partial charge in [-0.1, -0.05) is 30.3 Å². The average molecular weight is 263 g/mol. The molecule has 0 bridgehead atoms. The molecule has 0 aromatic heterocycles. The van der Waals surface area contributed by atoms with Gasteiger partial charge in [0.1, 0.15) is 5.66 Å². The molecule has 0 radical (unpaired) electrons. The maximum atomic E-state index is 5.35. The van der Waals surface area contributed by atoms with Crippen LogP contribution in [0, 0.1) is 0 Å². The highest BCUT2D eigenvalue weighted by molar-refractivity contribution is 7.80. The van der Waals surface area contributed by atoms with Crippen LogP contribution in [0.2, 0.25) is 0 Å². The number of benzene rings is 1. The van der Waals surface area contributed by atoms with Gasteiger partial charge in [0.05, 0.1) is 0 Å². The Morgan fingerprint density at radius 1 is 1.28 bits per heavy atom. The Kier molecular flexibility index (Phi) is 3.88. The van der Waals surface area contributed by atoms with Crippen molar-refractivity contribution in [2.45, 2.75) is 45.3 Å². The van der Waals surface area contributed by atoms with Gasteiger partial charge in [-0.2, -0.15) is 0 Å². The van der Waals surface area contributed by atoms with Gasteiger partial charge in [0, 0.05) is 6.04 Å². The molecule has 0 aliphatic carbocycles. The summed E-state index contributed by atoms with van der Waals surface area (Å²) in [6, 6.07) is 10.9. The summed E-state index contributed by atoms with van der Waals surface area (Å²) in [7, 11) is 0. The summed E-state index contributed by atoms with van der Waals surface area (Å²) in [6.45, 7) is 6.42. The molecule has 1 saturated heterocycles. The molecule has 1 aromatic carbocycles. The van der Waals surface area contributed by atoms with Gasteiger partial charge < -0.3 is 5.32 Å². The zero-order valence-electron chi connectivity index (χ0n) is 11.2. The van der Waals surface area contributed by atoms with E-state index < -0.39 is 0 Å². The Hall–Kier alpha value is -1.13. The highest BCUT2D eigenvalue weighted by Gasteiger charge is 2.36. The standard InChI is InChI=1S/C14H21N3S/c1-11(2)17-13(18)15-14(3,16-17)10-9-12-7-5-4-6-8-12/h4-8,11,16H,9-10H2,1-3H3,(H,15,18)/t14-/m0/s1. The summed E-state index contributed by atoms with van der Waals surface area (Å²) in [5.74, 6) is 0. The Morgan fingerprint density at radius 3 is 2.50 bits per heavy atom. The summed E-state index contributed by atoms with van der Waals surface area (Å²) < 4.78 is 0. The fourth-order valence-corrected chi connectivity index (χ4v) is 2.64. The van der Waals surface area contributed by atoms with Crippen molar-refractivity contribution in [2.24, 2.45) is 0 Å². The monoisotopic (exact) mass is 263 g/mol. The van der Waals surface area contributed by atoms with Gasteiger partial charge in [0.2, 0.25) is 0 Å². The van der Waals surface area contributed by atoms with Gasteiger partial charge in [-0.25, -0.2) is 5.43 Å². The number of hydrogen-bond acceptors (Lipinski definition) is 2. The van der Waals surface area contributed by atoms with Gasteiger partial charge in [0.15, 0.2) is 5.11 Å². The first kappa shape index (κ1) is 13.3. The molecular formula is C14H21N3S. The Labute approximate surface area is 115 Å². The third kappa shape index (κ3) is 3.00. The molecule has 1 aliphatic rings. The normalized spacial score (nSPS) is 23.6. The molecule has 1 heterocycles. The van der Waals surface area contributed by atoms with Crippen LogP contribution < -0.4 is 10.7 Å². The smallest absolute Gasteiger partial charge is 0.185 e. The van der Waals surface area contributed by atoms with E-state index in [9.17, 15) is 0 Å². The minimum absolute atomic E-state index is 0.142. The SMILES string of the molecule is CC(C)N1N[C@@](C)(CCc2ccccc2)NC1=S. The molecule has 0 saturated carbocycles. The molecule has 1 aromatic rings. The first-order valence-corrected chi connectivity index (χ1v) is 6.84. The molecule has 4 heteroatoms. The summed E-state index contributed by atoms with van der Waals surface area (Å²) >= 11 is 5.35. The number of thiocarbonyl (C=S) groups is 1. The molecule has 2 N–H and O–H groups in total. The van der Waals surface area contributed by atoms with Crippen molar-refractivity contribution in [3.63, 3.8) is 0 Å². The van der Waals surface area contributed by atoms with E-state index in [-0.39, 0.29) is 5.66 Å². The predicted octanol–water partition coefficient (Wildman–Crippen LogP) is 2.44. The molecular weight excluding hydrogens is 242 g/mol. The second-order valence-corrected chi connectivity index (χ2v) is 5.71. The van der Waals surface area contributed by atoms with Crippen molar-refractivity contribution >= 4 is 17.3 Å². The van der Waals surface area contributed by atoms with Crippen LogP contribution in [0.1, 0.15) is 32.8 Å². The van der Waals surface area contributed by atoms with E-state index in [0.717, 1.165) is 18.0 Å². The van der Waals surface area contributed by atoms with E-state index in [2.05, 4.69) is 55.8 Å². The van der Waals surface area contributed by atoms with Crippen LogP contribution in [0.25, 0.3) is 0 Å². The van der Waals surface area contributed by atoms with Crippen molar-refractivity contribution in [2.75, 3.05) is 0 Å². The number of hydrogen-bond donors (Lipinski definition) is 2. The van der Waals surface area contributed by atoms with E-state index >= 15 is 0 Å². The number of nitrogens with zero attached hydrogens (tertiary/aromatic N) is 1. The van der Waals surface area contributed by atoms with Crippen LogP contribution >= 0.6 is 12.2 Å². The molecule has 3 nitrogen and oxygen atoms in total. The van der Waals surface area contributed by atoms with Crippen LogP contribution in [-0.2, 0) is 6.42 Å². The second kappa shape index (κ2) is 5.24. The topological polar surface area (TPSA) is 27.3 Å². The summed E-state index contributed by atoms with van der Waals surface area (Å²) in [5, 5.41) is 6.20. The van der Waals surface area contributed by atoms with Gasteiger partial charge in [-0.3, -0.25) is 5.01 Å². The molecule has 2 rings (SSSR count). The van der Waals surface area contributed by atoms with Crippen LogP contribution in [0.5, 0.6) is 0 Å². The lowest BCUT2D eigenvalue weighted by molar-refractivity contribution is 0.193. The van der Waals surface area contributed by atoms with Crippen molar-refractivity contribution < 1.29 is 0 Å². The largest absolute Gasteiger partial charge is 0.342 e. The van der Waals surface area contributed by atoms with Crippen LogP contribution in [0.3, 0.4) is 0 Å². The summed E-state index contributed by atoms with van der Waals surface area (Å²) in [5.41, 5.74) is 4.68. The fraction of sp³-hybridized carbons (Fsp3) is 0.500. The molecule has 98 valence electrons. The van der Waals surface area contributed by atoms with Crippen molar-refractivity contribution in [3.05, 3.63) is 35.9 Å². The van der Waals surface area contributed by atoms with E-state index in [0.29, 0.717) is 6.04 Å². The number of hydrazine groups is 1. The van der Waals surface area contributed by atoms with E-state index in [1.807, 2.05) is 11.1 Å². The molecule has 18 heavy (non-hydrogen) atoms. The van der Waals surface area contributed by atoms with Crippen molar-refractivity contribution in [1.29, 1.82) is 0 Å². The molecule has 0 amide bonds. The molecule has 1 fully saturated rings. The number of rotatable bonds is 4. The zero-order valence-corrected chi connectivity index (χ0v) is 12.1. The van der Waals surface area contributed by atoms with Crippen molar-refractivity contribution in [1.82, 2.24) is 15.8 Å². The molecule has 1 aliphatic heterocycles. The maximum absolute atomic E-state index is 5.35. The summed E-state index contributed by atoms with van der Waals surface area (Å²) in [6.07, 6.45) is 2.03. The maximum Gasteiger partial charge on any atom is 0.185 e. The van der Waals surface area contributed by atoms with Crippen LogP contribution in [0.15, 0.2) is 30.3 Å². The van der Waals surface area contributed by atoms with Gasteiger partial charge in [-0.15, -0.1) is 0 Å². The Balaban J connectivity index is 1.96. The predicted molar refractivity (Wildman–Crippen MR) is 79.0 cm³/mol. The van der Waals surface area contributed by atoms with Gasteiger partial charge >= 0.3 is 0 Å². The van der Waals surface area contributed by atoms with Crippen molar-refractivity contribution in [3.8, 4) is 0 Å². The van der Waals surface area contributed by atoms with Crippen LogP contribution in [0.4, 0.5) is 0 Å². The van der Waals surface area contributed by atoms with E-state index in [4.69, 9.17) is 12.2 Å². The lowest BCUT2D eigenvalue weighted by Gasteiger charge is -2.27. The van der Waals surface area contributed by atoms with Gasteiger partial charge in [-0.05, 0) is 51.4 Å². The summed E-state index contributed by atoms with van der Waals surface area (Å²) in [4.78, 5) is 0. The lowest BCUT2D eigenvalue weighted by Crippen LogP contribution is -2.50. The fourth-order valence-electron chi connectivity index (χ4n) is 2.16. The Bertz CT molecular complexity index is 418. The third-order valence-corrected chi connectivity index (χ3v) is 3.54. The highest BCUT2D eigenvalue weighted by Crippen LogP contribution is 2.18. The number of nitrogens with one attached hydrogen (secondary N) is 2.